The van der Waals surface area contributed by atoms with E-state index in [1.165, 1.54) is 24.3 Å². The first kappa shape index (κ1) is 24.3. The number of esters is 1. The maximum atomic E-state index is 13.2. The van der Waals surface area contributed by atoms with Crippen LogP contribution < -0.4 is 9.47 Å². The van der Waals surface area contributed by atoms with E-state index >= 15 is 0 Å². The molecular formula is C25H17BrCl2FNO4. The van der Waals surface area contributed by atoms with Crippen LogP contribution in [0.2, 0.25) is 10.0 Å². The van der Waals surface area contributed by atoms with Gasteiger partial charge in [-0.25, -0.2) is 14.2 Å². The zero-order valence-electron chi connectivity index (χ0n) is 17.8. The number of halogens is 4. The first-order valence-electron chi connectivity index (χ1n) is 10.2. The van der Waals surface area contributed by atoms with E-state index in [2.05, 4.69) is 20.9 Å². The highest BCUT2D eigenvalue weighted by molar-refractivity contribution is 9.10. The molecule has 174 valence electrons. The molecule has 0 unspecified atom stereocenters. The molecule has 1 heterocycles. The van der Waals surface area contributed by atoms with Crippen LogP contribution in [0.25, 0.3) is 6.08 Å². The molecule has 4 rings (SSSR count). The largest absolute Gasteiger partial charge is 0.490 e. The van der Waals surface area contributed by atoms with Crippen molar-refractivity contribution in [2.45, 2.75) is 13.5 Å². The second-order valence-electron chi connectivity index (χ2n) is 7.14. The van der Waals surface area contributed by atoms with Crippen molar-refractivity contribution < 1.29 is 23.4 Å². The first-order valence-corrected chi connectivity index (χ1v) is 11.7. The fourth-order valence-corrected chi connectivity index (χ4v) is 4.04. The molecule has 0 spiro atoms. The minimum absolute atomic E-state index is 0.109. The molecule has 34 heavy (non-hydrogen) atoms. The molecule has 5 nitrogen and oxygen atoms in total. The average Bonchev–Trinajstić information content (AvgIpc) is 3.16. The van der Waals surface area contributed by atoms with E-state index < -0.39 is 5.97 Å². The van der Waals surface area contributed by atoms with Gasteiger partial charge in [-0.05, 0) is 88.6 Å². The van der Waals surface area contributed by atoms with E-state index in [0.29, 0.717) is 43.8 Å². The van der Waals surface area contributed by atoms with Crippen LogP contribution in [0.1, 0.15) is 23.6 Å². The minimum Gasteiger partial charge on any atom is -0.490 e. The number of benzene rings is 3. The monoisotopic (exact) mass is 563 g/mol. The molecule has 3 aromatic rings. The lowest BCUT2D eigenvalue weighted by molar-refractivity contribution is -0.129. The maximum absolute atomic E-state index is 13.2. The van der Waals surface area contributed by atoms with Gasteiger partial charge in [-0.2, -0.15) is 0 Å². The van der Waals surface area contributed by atoms with Crippen LogP contribution in [-0.4, -0.2) is 18.5 Å². The normalized spacial score (nSPS) is 14.2. The SMILES string of the molecule is CCOc1cc(/C=C2\N=C(c3ccc(F)cc3)OC2=O)cc(Br)c1OCc1ccc(Cl)c(Cl)c1. The molecule has 0 radical (unpaired) electrons. The number of ether oxygens (including phenoxy) is 3. The number of carbonyl (C=O) groups excluding carboxylic acids is 1. The Morgan fingerprint density at radius 3 is 2.53 bits per heavy atom. The van der Waals surface area contributed by atoms with Gasteiger partial charge in [0.25, 0.3) is 0 Å². The van der Waals surface area contributed by atoms with E-state index in [1.54, 1.807) is 30.3 Å². The van der Waals surface area contributed by atoms with Crippen molar-refractivity contribution >= 4 is 57.1 Å². The Morgan fingerprint density at radius 1 is 1.06 bits per heavy atom. The van der Waals surface area contributed by atoms with E-state index in [9.17, 15) is 9.18 Å². The zero-order valence-corrected chi connectivity index (χ0v) is 20.9. The topological polar surface area (TPSA) is 57.1 Å². The summed E-state index contributed by atoms with van der Waals surface area (Å²) in [5, 5.41) is 0.910. The zero-order chi connectivity index (χ0) is 24.2. The van der Waals surface area contributed by atoms with Gasteiger partial charge in [0.15, 0.2) is 17.2 Å². The highest BCUT2D eigenvalue weighted by atomic mass is 79.9. The molecule has 0 atom stereocenters. The molecule has 0 aromatic heterocycles. The summed E-state index contributed by atoms with van der Waals surface area (Å²) in [4.78, 5) is 16.6. The fraction of sp³-hybridized carbons (Fsp3) is 0.120. The van der Waals surface area contributed by atoms with E-state index in [-0.39, 0.29) is 24.0 Å². The average molecular weight is 565 g/mol. The summed E-state index contributed by atoms with van der Waals surface area (Å²) in [7, 11) is 0. The summed E-state index contributed by atoms with van der Waals surface area (Å²) >= 11 is 15.6. The molecule has 0 fully saturated rings. The molecule has 0 bridgehead atoms. The Hall–Kier alpha value is -2.87. The van der Waals surface area contributed by atoms with Gasteiger partial charge in [0.2, 0.25) is 5.90 Å². The quantitative estimate of drug-likeness (QED) is 0.224. The lowest BCUT2D eigenvalue weighted by Crippen LogP contribution is -2.05. The Bertz CT molecular complexity index is 1310. The van der Waals surface area contributed by atoms with Crippen LogP contribution in [0.4, 0.5) is 4.39 Å². The standard InChI is InChI=1S/C25H17BrCl2FNO4/c1-2-32-22-12-15(9-18(26)23(22)33-13-14-3-8-19(27)20(28)10-14)11-21-25(31)34-24(30-21)16-4-6-17(29)7-5-16/h3-12H,2,13H2,1H3/b21-11-. The molecule has 9 heteroatoms. The summed E-state index contributed by atoms with van der Waals surface area (Å²) in [6, 6.07) is 14.3. The minimum atomic E-state index is -0.603. The summed E-state index contributed by atoms with van der Waals surface area (Å²) in [6.07, 6.45) is 1.58. The third kappa shape index (κ3) is 5.60. The number of cyclic esters (lactones) is 1. The molecule has 0 amide bonds. The summed E-state index contributed by atoms with van der Waals surface area (Å²) in [5.41, 5.74) is 2.10. The Morgan fingerprint density at radius 2 is 1.82 bits per heavy atom. The van der Waals surface area contributed by atoms with Crippen LogP contribution in [0.5, 0.6) is 11.5 Å². The lowest BCUT2D eigenvalue weighted by Gasteiger charge is -2.15. The van der Waals surface area contributed by atoms with Crippen LogP contribution in [0, 0.1) is 5.82 Å². The third-order valence-electron chi connectivity index (χ3n) is 4.71. The highest BCUT2D eigenvalue weighted by Gasteiger charge is 2.24. The Kier molecular flexibility index (Phi) is 7.56. The summed E-state index contributed by atoms with van der Waals surface area (Å²) in [5.74, 6) is 0.104. The lowest BCUT2D eigenvalue weighted by atomic mass is 10.1. The maximum Gasteiger partial charge on any atom is 0.363 e. The molecule has 1 aliphatic heterocycles. The van der Waals surface area contributed by atoms with Gasteiger partial charge in [0, 0.05) is 5.56 Å². The van der Waals surface area contributed by atoms with Gasteiger partial charge in [-0.15, -0.1) is 0 Å². The predicted octanol–water partition coefficient (Wildman–Crippen LogP) is 7.22. The smallest absolute Gasteiger partial charge is 0.363 e. The highest BCUT2D eigenvalue weighted by Crippen LogP contribution is 2.38. The van der Waals surface area contributed by atoms with E-state index in [4.69, 9.17) is 37.4 Å². The third-order valence-corrected chi connectivity index (χ3v) is 6.04. The Balaban J connectivity index is 1.60. The summed E-state index contributed by atoms with van der Waals surface area (Å²) in [6.45, 7) is 2.51. The van der Waals surface area contributed by atoms with Crippen LogP contribution in [0.15, 0.2) is 69.8 Å². The number of nitrogens with zero attached hydrogens (tertiary/aromatic N) is 1. The number of hydrogen-bond acceptors (Lipinski definition) is 5. The number of carbonyl (C=O) groups is 1. The molecule has 0 aliphatic carbocycles. The van der Waals surface area contributed by atoms with Crippen molar-refractivity contribution in [2.24, 2.45) is 4.99 Å². The predicted molar refractivity (Wildman–Crippen MR) is 133 cm³/mol. The second-order valence-corrected chi connectivity index (χ2v) is 8.81. The molecule has 0 saturated carbocycles. The van der Waals surface area contributed by atoms with Gasteiger partial charge >= 0.3 is 5.97 Å². The molecule has 0 N–H and O–H groups in total. The molecular weight excluding hydrogens is 548 g/mol. The van der Waals surface area contributed by atoms with Gasteiger partial charge in [0.05, 0.1) is 21.1 Å². The number of hydrogen-bond donors (Lipinski definition) is 0. The second kappa shape index (κ2) is 10.6. The summed E-state index contributed by atoms with van der Waals surface area (Å²) < 4.78 is 30.8. The van der Waals surface area contributed by atoms with Crippen molar-refractivity contribution in [2.75, 3.05) is 6.61 Å². The van der Waals surface area contributed by atoms with E-state index in [1.807, 2.05) is 13.0 Å². The molecule has 1 aliphatic rings. The number of aliphatic imine (C=N–C) groups is 1. The van der Waals surface area contributed by atoms with Gasteiger partial charge in [-0.1, -0.05) is 29.3 Å². The van der Waals surface area contributed by atoms with Crippen molar-refractivity contribution in [3.63, 3.8) is 0 Å². The molecule has 0 saturated heterocycles. The van der Waals surface area contributed by atoms with Crippen molar-refractivity contribution in [3.05, 3.63) is 97.3 Å². The van der Waals surface area contributed by atoms with Crippen LogP contribution >= 0.6 is 39.1 Å². The first-order chi connectivity index (χ1) is 16.3. The van der Waals surface area contributed by atoms with Crippen molar-refractivity contribution in [1.82, 2.24) is 0 Å². The Labute approximate surface area is 213 Å². The van der Waals surface area contributed by atoms with Gasteiger partial charge in [-0.3, -0.25) is 0 Å². The molecule has 3 aromatic carbocycles. The number of rotatable bonds is 7. The van der Waals surface area contributed by atoms with E-state index in [0.717, 1.165) is 5.56 Å². The van der Waals surface area contributed by atoms with Crippen molar-refractivity contribution in [1.29, 1.82) is 0 Å². The van der Waals surface area contributed by atoms with Gasteiger partial charge in [0.1, 0.15) is 12.4 Å². The fourth-order valence-electron chi connectivity index (χ4n) is 3.14. The van der Waals surface area contributed by atoms with Crippen molar-refractivity contribution in [3.8, 4) is 11.5 Å². The van der Waals surface area contributed by atoms with Crippen LogP contribution in [-0.2, 0) is 16.1 Å². The van der Waals surface area contributed by atoms with Crippen LogP contribution in [0.3, 0.4) is 0 Å². The van der Waals surface area contributed by atoms with Gasteiger partial charge < -0.3 is 14.2 Å².